The maximum Gasteiger partial charge on any atom is 0.469 e. The smallest absolute Gasteiger partial charge is 0.387 e. The van der Waals surface area contributed by atoms with Gasteiger partial charge in [0.05, 0.1) is 12.8 Å². The number of aromatic nitrogens is 4. The van der Waals surface area contributed by atoms with Crippen molar-refractivity contribution in [3.05, 3.63) is 22.2 Å². The first-order chi connectivity index (χ1) is 11.7. The molecule has 1 aliphatic heterocycles. The second-order valence-electron chi connectivity index (χ2n) is 5.33. The van der Waals surface area contributed by atoms with Gasteiger partial charge in [-0.05, 0) is 0 Å². The average molecular weight is 377 g/mol. The molecule has 13 nitrogen and oxygen atoms in total. The maximum atomic E-state index is 11.8. The molecule has 6 N–H and O–H groups in total. The van der Waals surface area contributed by atoms with Crippen LogP contribution >= 0.6 is 7.82 Å². The number of phosphoric ester groups is 1. The fourth-order valence-electron chi connectivity index (χ4n) is 2.68. The molecule has 0 spiro atoms. The summed E-state index contributed by atoms with van der Waals surface area (Å²) >= 11 is 0. The summed E-state index contributed by atoms with van der Waals surface area (Å²) in [5, 5.41) is 14.2. The minimum atomic E-state index is -4.73. The van der Waals surface area contributed by atoms with E-state index in [1.807, 2.05) is 0 Å². The van der Waals surface area contributed by atoms with Gasteiger partial charge in [-0.15, -0.1) is 0 Å². The molecule has 1 aliphatic rings. The minimum Gasteiger partial charge on any atom is -0.387 e. The summed E-state index contributed by atoms with van der Waals surface area (Å²) in [6.45, 7) is -0.558. The number of aromatic amines is 1. The largest absolute Gasteiger partial charge is 0.469 e. The van der Waals surface area contributed by atoms with Crippen LogP contribution in [0, 0.1) is 0 Å². The Bertz CT molecular complexity index is 877. The minimum absolute atomic E-state index is 0.108. The molecular formula is C11H16N5O8P. The summed E-state index contributed by atoms with van der Waals surface area (Å²) in [6.07, 6.45) is -2.81. The van der Waals surface area contributed by atoms with Crippen molar-refractivity contribution in [2.75, 3.05) is 19.5 Å². The molecule has 138 valence electrons. The molecule has 0 radical (unpaired) electrons. The molecule has 0 aliphatic carbocycles. The van der Waals surface area contributed by atoms with Gasteiger partial charge in [0.15, 0.2) is 5.65 Å². The summed E-state index contributed by atoms with van der Waals surface area (Å²) in [7, 11) is -3.40. The van der Waals surface area contributed by atoms with Crippen LogP contribution in [0.2, 0.25) is 0 Å². The summed E-state index contributed by atoms with van der Waals surface area (Å²) in [5.74, 6) is -0.131. The van der Waals surface area contributed by atoms with E-state index >= 15 is 0 Å². The highest BCUT2D eigenvalue weighted by Crippen LogP contribution is 2.40. The van der Waals surface area contributed by atoms with Crippen molar-refractivity contribution in [1.82, 2.24) is 19.6 Å². The lowest BCUT2D eigenvalue weighted by Gasteiger charge is -2.17. The molecular weight excluding hydrogens is 361 g/mol. The van der Waals surface area contributed by atoms with Gasteiger partial charge < -0.3 is 30.1 Å². The normalized spacial score (nSPS) is 27.2. The van der Waals surface area contributed by atoms with Gasteiger partial charge >= 0.3 is 13.5 Å². The molecule has 14 heteroatoms. The van der Waals surface area contributed by atoms with E-state index in [1.54, 1.807) is 0 Å². The van der Waals surface area contributed by atoms with Crippen molar-refractivity contribution in [1.29, 1.82) is 0 Å². The van der Waals surface area contributed by atoms with Crippen molar-refractivity contribution < 1.29 is 33.5 Å². The monoisotopic (exact) mass is 377 g/mol. The Morgan fingerprint density at radius 2 is 2.24 bits per heavy atom. The van der Waals surface area contributed by atoms with E-state index in [-0.39, 0.29) is 11.6 Å². The van der Waals surface area contributed by atoms with Gasteiger partial charge in [-0.2, -0.15) is 14.6 Å². The number of hydrogen-bond donors (Lipinski definition) is 5. The number of rotatable bonds is 5. The Morgan fingerprint density at radius 1 is 1.52 bits per heavy atom. The van der Waals surface area contributed by atoms with Gasteiger partial charge in [0.25, 0.3) is 0 Å². The number of nitrogens with one attached hydrogen (secondary N) is 1. The third kappa shape index (κ3) is 3.43. The summed E-state index contributed by atoms with van der Waals surface area (Å²) in [4.78, 5) is 35.7. The summed E-state index contributed by atoms with van der Waals surface area (Å²) in [5.41, 5.74) is 5.35. The first kappa shape index (κ1) is 17.9. The second kappa shape index (κ2) is 6.46. The van der Waals surface area contributed by atoms with Crippen molar-refractivity contribution in [3.8, 4) is 0 Å². The third-order valence-corrected chi connectivity index (χ3v) is 4.23. The number of fused-ring (bicyclic) bond motifs is 1. The number of phosphoric acid groups is 1. The molecule has 0 bridgehead atoms. The zero-order valence-corrected chi connectivity index (χ0v) is 13.7. The standard InChI is InChI=1S/C11H16N5O8P/c1-22-8-6(17)5(3-23-25(19,20)21)24-7(8)4-2-13-16-9(4)14-10(12)15-11(16)18/h2,5-8,17H,3H2,1H3,(H2,19,20,21)(H3,12,14,15,18). The van der Waals surface area contributed by atoms with Crippen LogP contribution in [0.4, 0.5) is 5.95 Å². The number of ether oxygens (including phenoxy) is 2. The Hall–Kier alpha value is -1.86. The quantitative estimate of drug-likeness (QED) is 0.359. The number of H-pyrrole nitrogens is 1. The Balaban J connectivity index is 1.94. The number of aliphatic hydroxyl groups excluding tert-OH is 1. The SMILES string of the molecule is COC1C(c2cnn3c(=O)[nH]c(N)nc23)OC(COP(=O)(O)O)C1O. The fourth-order valence-corrected chi connectivity index (χ4v) is 3.02. The number of nitrogens with two attached hydrogens (primary N) is 1. The first-order valence-corrected chi connectivity index (χ1v) is 8.54. The summed E-state index contributed by atoms with van der Waals surface area (Å²) in [6, 6.07) is 0. The van der Waals surface area contributed by atoms with Crippen molar-refractivity contribution >= 4 is 19.4 Å². The Kier molecular flexibility index (Phi) is 4.64. The van der Waals surface area contributed by atoms with E-state index in [0.29, 0.717) is 5.56 Å². The molecule has 1 fully saturated rings. The first-order valence-electron chi connectivity index (χ1n) is 7.01. The molecule has 2 aromatic heterocycles. The zero-order chi connectivity index (χ0) is 18.4. The van der Waals surface area contributed by atoms with Crippen LogP contribution in [0.1, 0.15) is 11.7 Å². The van der Waals surface area contributed by atoms with E-state index in [1.165, 1.54) is 13.3 Å². The Morgan fingerprint density at radius 3 is 2.88 bits per heavy atom. The predicted molar refractivity (Wildman–Crippen MR) is 80.4 cm³/mol. The number of hydrogen-bond acceptors (Lipinski definition) is 9. The van der Waals surface area contributed by atoms with Crippen molar-refractivity contribution in [2.45, 2.75) is 24.4 Å². The number of nitrogen functional groups attached to an aromatic ring is 1. The van der Waals surface area contributed by atoms with Gasteiger partial charge in [0.2, 0.25) is 5.95 Å². The molecule has 3 heterocycles. The number of aliphatic hydroxyl groups is 1. The lowest BCUT2D eigenvalue weighted by atomic mass is 10.0. The highest BCUT2D eigenvalue weighted by molar-refractivity contribution is 7.46. The molecule has 0 aromatic carbocycles. The van der Waals surface area contributed by atoms with Crippen LogP contribution in [0.25, 0.3) is 5.65 Å². The van der Waals surface area contributed by atoms with E-state index < -0.39 is 44.5 Å². The molecule has 0 amide bonds. The van der Waals surface area contributed by atoms with Crippen LogP contribution in [0.3, 0.4) is 0 Å². The van der Waals surface area contributed by atoms with Crippen LogP contribution < -0.4 is 11.4 Å². The molecule has 1 saturated heterocycles. The molecule has 0 saturated carbocycles. The zero-order valence-electron chi connectivity index (χ0n) is 12.8. The number of anilines is 1. The third-order valence-electron chi connectivity index (χ3n) is 3.75. The van der Waals surface area contributed by atoms with E-state index in [9.17, 15) is 14.5 Å². The van der Waals surface area contributed by atoms with Gasteiger partial charge in [-0.25, -0.2) is 9.36 Å². The van der Waals surface area contributed by atoms with Gasteiger partial charge in [0.1, 0.15) is 24.4 Å². The van der Waals surface area contributed by atoms with Gasteiger partial charge in [0, 0.05) is 12.7 Å². The lowest BCUT2D eigenvalue weighted by Crippen LogP contribution is -2.34. The molecule has 3 rings (SSSR count). The van der Waals surface area contributed by atoms with Crippen LogP contribution in [0.5, 0.6) is 0 Å². The van der Waals surface area contributed by atoms with Crippen LogP contribution in [0.15, 0.2) is 11.0 Å². The molecule has 25 heavy (non-hydrogen) atoms. The maximum absolute atomic E-state index is 11.8. The predicted octanol–water partition coefficient (Wildman–Crippen LogP) is -2.08. The van der Waals surface area contributed by atoms with E-state index in [4.69, 9.17) is 25.0 Å². The molecule has 4 atom stereocenters. The van der Waals surface area contributed by atoms with Gasteiger partial charge in [-0.1, -0.05) is 0 Å². The van der Waals surface area contributed by atoms with E-state index in [2.05, 4.69) is 19.6 Å². The summed E-state index contributed by atoms with van der Waals surface area (Å²) < 4.78 is 27.0. The van der Waals surface area contributed by atoms with Gasteiger partial charge in [-0.3, -0.25) is 9.51 Å². The lowest BCUT2D eigenvalue weighted by molar-refractivity contribution is -0.0225. The average Bonchev–Trinajstić information content (AvgIpc) is 3.05. The number of methoxy groups -OCH3 is 1. The fraction of sp³-hybridized carbons (Fsp3) is 0.545. The number of nitrogens with zero attached hydrogens (tertiary/aromatic N) is 3. The Labute approximate surface area is 139 Å². The van der Waals surface area contributed by atoms with E-state index in [0.717, 1.165) is 4.52 Å². The van der Waals surface area contributed by atoms with Crippen LogP contribution in [-0.2, 0) is 18.6 Å². The second-order valence-corrected chi connectivity index (χ2v) is 6.57. The van der Waals surface area contributed by atoms with Crippen LogP contribution in [-0.4, -0.2) is 66.5 Å². The molecule has 4 unspecified atom stereocenters. The topological polar surface area (TPSA) is 195 Å². The van der Waals surface area contributed by atoms with Crippen molar-refractivity contribution in [3.63, 3.8) is 0 Å². The highest BCUT2D eigenvalue weighted by Gasteiger charge is 2.46. The highest BCUT2D eigenvalue weighted by atomic mass is 31.2. The van der Waals surface area contributed by atoms with Crippen molar-refractivity contribution in [2.24, 2.45) is 0 Å². The molecule has 2 aromatic rings.